The van der Waals surface area contributed by atoms with Crippen molar-refractivity contribution in [3.63, 3.8) is 0 Å². The largest absolute Gasteiger partial charge is 0.492 e. The van der Waals surface area contributed by atoms with Crippen LogP contribution in [0.2, 0.25) is 0 Å². The van der Waals surface area contributed by atoms with Gasteiger partial charge < -0.3 is 10.1 Å². The van der Waals surface area contributed by atoms with Gasteiger partial charge in [0.15, 0.2) is 5.13 Å². The zero-order valence-electron chi connectivity index (χ0n) is 15.0. The summed E-state index contributed by atoms with van der Waals surface area (Å²) in [6, 6.07) is 13.2. The Kier molecular flexibility index (Phi) is 5.53. The van der Waals surface area contributed by atoms with Gasteiger partial charge in [-0.3, -0.25) is 5.32 Å². The van der Waals surface area contributed by atoms with Crippen LogP contribution in [0.3, 0.4) is 0 Å². The monoisotopic (exact) mass is 367 g/mol. The number of hydrogen-bond acceptors (Lipinski definition) is 4. The maximum absolute atomic E-state index is 12.3. The van der Waals surface area contributed by atoms with E-state index in [1.54, 1.807) is 6.07 Å². The van der Waals surface area contributed by atoms with Crippen LogP contribution in [0.5, 0.6) is 5.75 Å². The van der Waals surface area contributed by atoms with Crippen LogP contribution in [0, 0.1) is 13.8 Å². The first-order chi connectivity index (χ1) is 12.6. The lowest BCUT2D eigenvalue weighted by Gasteiger charge is -2.11. The van der Waals surface area contributed by atoms with Crippen molar-refractivity contribution in [1.29, 1.82) is 0 Å². The number of carbonyl (C=O) groups is 1. The fourth-order valence-corrected chi connectivity index (χ4v) is 3.27. The van der Waals surface area contributed by atoms with E-state index < -0.39 is 0 Å². The van der Waals surface area contributed by atoms with Crippen LogP contribution in [0.1, 0.15) is 18.1 Å². The SMILES string of the molecule is CCOc1ccccc1NC(=O)Nc1nc(-c2cc(C)ccc2C)cs1. The van der Waals surface area contributed by atoms with Gasteiger partial charge in [0, 0.05) is 10.9 Å². The van der Waals surface area contributed by atoms with Gasteiger partial charge in [-0.15, -0.1) is 11.3 Å². The molecule has 0 saturated heterocycles. The number of hydrogen-bond donors (Lipinski definition) is 2. The third-order valence-corrected chi connectivity index (χ3v) is 4.59. The highest BCUT2D eigenvalue weighted by atomic mass is 32.1. The Morgan fingerprint density at radius 2 is 1.96 bits per heavy atom. The third-order valence-electron chi connectivity index (χ3n) is 3.83. The van der Waals surface area contributed by atoms with Gasteiger partial charge in [0.05, 0.1) is 18.0 Å². The summed E-state index contributed by atoms with van der Waals surface area (Å²) in [6.07, 6.45) is 0. The van der Waals surface area contributed by atoms with Crippen LogP contribution in [0.25, 0.3) is 11.3 Å². The van der Waals surface area contributed by atoms with Crippen molar-refractivity contribution in [2.24, 2.45) is 0 Å². The zero-order chi connectivity index (χ0) is 18.5. The number of anilines is 2. The predicted octanol–water partition coefficient (Wildman–Crippen LogP) is 5.47. The summed E-state index contributed by atoms with van der Waals surface area (Å²) in [4.78, 5) is 16.8. The molecule has 0 spiro atoms. The number of rotatable bonds is 5. The van der Waals surface area contributed by atoms with E-state index in [0.717, 1.165) is 16.8 Å². The summed E-state index contributed by atoms with van der Waals surface area (Å²) in [6.45, 7) is 6.55. The van der Waals surface area contributed by atoms with Gasteiger partial charge in [-0.2, -0.15) is 0 Å². The standard InChI is InChI=1S/C20H21N3O2S/c1-4-25-18-8-6-5-7-16(18)21-19(24)23-20-22-17(12-26-20)15-11-13(2)9-10-14(15)3/h5-12H,4H2,1-3H3,(H2,21,22,23,24). The number of aryl methyl sites for hydroxylation is 2. The molecule has 3 aromatic rings. The summed E-state index contributed by atoms with van der Waals surface area (Å²) in [5.74, 6) is 0.639. The van der Waals surface area contributed by atoms with E-state index in [1.807, 2.05) is 30.5 Å². The average Bonchev–Trinajstić information content (AvgIpc) is 3.07. The van der Waals surface area contributed by atoms with Gasteiger partial charge in [-0.05, 0) is 44.5 Å². The second-order valence-electron chi connectivity index (χ2n) is 5.86. The average molecular weight is 367 g/mol. The van der Waals surface area contributed by atoms with Crippen LogP contribution in [0.15, 0.2) is 47.8 Å². The summed E-state index contributed by atoms with van der Waals surface area (Å²) in [5.41, 5.74) is 4.90. The first-order valence-corrected chi connectivity index (χ1v) is 9.27. The Bertz CT molecular complexity index is 921. The van der Waals surface area contributed by atoms with E-state index in [9.17, 15) is 4.79 Å². The first kappa shape index (κ1) is 17.9. The number of amides is 2. The van der Waals surface area contributed by atoms with E-state index in [4.69, 9.17) is 4.74 Å². The number of benzene rings is 2. The first-order valence-electron chi connectivity index (χ1n) is 8.40. The Balaban J connectivity index is 1.71. The number of thiazole rings is 1. The van der Waals surface area contributed by atoms with Crippen LogP contribution in [0.4, 0.5) is 15.6 Å². The lowest BCUT2D eigenvalue weighted by molar-refractivity contribution is 0.262. The topological polar surface area (TPSA) is 63.2 Å². The molecular weight excluding hydrogens is 346 g/mol. The Hall–Kier alpha value is -2.86. The highest BCUT2D eigenvalue weighted by Crippen LogP contribution is 2.29. The number of urea groups is 1. The minimum Gasteiger partial charge on any atom is -0.492 e. The maximum atomic E-state index is 12.3. The lowest BCUT2D eigenvalue weighted by atomic mass is 10.0. The minimum absolute atomic E-state index is 0.348. The molecule has 0 atom stereocenters. The molecule has 0 aliphatic rings. The molecule has 1 aromatic heterocycles. The molecular formula is C20H21N3O2S. The van der Waals surface area contributed by atoms with E-state index in [2.05, 4.69) is 47.7 Å². The molecule has 0 aliphatic heterocycles. The number of ether oxygens (including phenoxy) is 1. The molecule has 0 radical (unpaired) electrons. The molecule has 0 saturated carbocycles. The van der Waals surface area contributed by atoms with Gasteiger partial charge in [0.1, 0.15) is 5.75 Å². The van der Waals surface area contributed by atoms with Gasteiger partial charge in [0.25, 0.3) is 0 Å². The highest BCUT2D eigenvalue weighted by Gasteiger charge is 2.11. The molecule has 0 aliphatic carbocycles. The summed E-state index contributed by atoms with van der Waals surface area (Å²) >= 11 is 1.40. The molecule has 2 N–H and O–H groups in total. The molecule has 2 amide bonds. The zero-order valence-corrected chi connectivity index (χ0v) is 15.8. The number of carbonyl (C=O) groups excluding carboxylic acids is 1. The molecule has 6 heteroatoms. The number of aromatic nitrogens is 1. The molecule has 5 nitrogen and oxygen atoms in total. The van der Waals surface area contributed by atoms with Crippen LogP contribution in [-0.4, -0.2) is 17.6 Å². The van der Waals surface area contributed by atoms with Gasteiger partial charge in [-0.1, -0.05) is 29.8 Å². The van der Waals surface area contributed by atoms with E-state index >= 15 is 0 Å². The second-order valence-corrected chi connectivity index (χ2v) is 6.72. The Morgan fingerprint density at radius 1 is 1.15 bits per heavy atom. The summed E-state index contributed by atoms with van der Waals surface area (Å²) < 4.78 is 5.52. The molecule has 0 bridgehead atoms. The molecule has 1 heterocycles. The normalized spacial score (nSPS) is 10.4. The molecule has 3 rings (SSSR count). The van der Waals surface area contributed by atoms with E-state index in [0.29, 0.717) is 23.2 Å². The quantitative estimate of drug-likeness (QED) is 0.628. The van der Waals surface area contributed by atoms with Crippen molar-refractivity contribution >= 4 is 28.2 Å². The number of nitrogens with zero attached hydrogens (tertiary/aromatic N) is 1. The van der Waals surface area contributed by atoms with Crippen molar-refractivity contribution < 1.29 is 9.53 Å². The molecule has 0 unspecified atom stereocenters. The lowest BCUT2D eigenvalue weighted by Crippen LogP contribution is -2.19. The number of nitrogens with one attached hydrogen (secondary N) is 2. The van der Waals surface area contributed by atoms with Crippen molar-refractivity contribution in [2.75, 3.05) is 17.2 Å². The Labute approximate surface area is 157 Å². The molecule has 0 fully saturated rings. The van der Waals surface area contributed by atoms with Crippen molar-refractivity contribution in [1.82, 2.24) is 4.98 Å². The minimum atomic E-state index is -0.348. The molecule has 134 valence electrons. The highest BCUT2D eigenvalue weighted by molar-refractivity contribution is 7.14. The smallest absolute Gasteiger partial charge is 0.325 e. The Morgan fingerprint density at radius 3 is 2.77 bits per heavy atom. The number of para-hydroxylation sites is 2. The van der Waals surface area contributed by atoms with Crippen molar-refractivity contribution in [3.05, 3.63) is 59.0 Å². The fraction of sp³-hybridized carbons (Fsp3) is 0.200. The third kappa shape index (κ3) is 4.21. The molecule has 26 heavy (non-hydrogen) atoms. The summed E-state index contributed by atoms with van der Waals surface area (Å²) in [5, 5.41) is 8.09. The van der Waals surface area contributed by atoms with E-state index in [-0.39, 0.29) is 6.03 Å². The van der Waals surface area contributed by atoms with Crippen molar-refractivity contribution in [3.8, 4) is 17.0 Å². The molecule has 2 aromatic carbocycles. The van der Waals surface area contributed by atoms with Gasteiger partial charge in [-0.25, -0.2) is 9.78 Å². The van der Waals surface area contributed by atoms with Crippen LogP contribution in [-0.2, 0) is 0 Å². The second kappa shape index (κ2) is 8.01. The van der Waals surface area contributed by atoms with Crippen LogP contribution >= 0.6 is 11.3 Å². The summed E-state index contributed by atoms with van der Waals surface area (Å²) in [7, 11) is 0. The van der Waals surface area contributed by atoms with Crippen LogP contribution < -0.4 is 15.4 Å². The fourth-order valence-electron chi connectivity index (χ4n) is 2.57. The maximum Gasteiger partial charge on any atom is 0.325 e. The van der Waals surface area contributed by atoms with Crippen molar-refractivity contribution in [2.45, 2.75) is 20.8 Å². The van der Waals surface area contributed by atoms with E-state index in [1.165, 1.54) is 16.9 Å². The van der Waals surface area contributed by atoms with Gasteiger partial charge >= 0.3 is 6.03 Å². The van der Waals surface area contributed by atoms with Gasteiger partial charge in [0.2, 0.25) is 0 Å². The predicted molar refractivity (Wildman–Crippen MR) is 107 cm³/mol.